The maximum atomic E-state index is 12.0. The first-order valence-corrected chi connectivity index (χ1v) is 9.39. The summed E-state index contributed by atoms with van der Waals surface area (Å²) in [6.45, 7) is 0.796. The molecular formula is C18H17ClN4OS. The summed E-state index contributed by atoms with van der Waals surface area (Å²) in [5.74, 6) is 1.09. The number of carbonyl (C=O) groups is 1. The van der Waals surface area contributed by atoms with Crippen LogP contribution in [0.2, 0.25) is 5.15 Å². The van der Waals surface area contributed by atoms with Crippen molar-refractivity contribution in [2.75, 3.05) is 11.4 Å². The van der Waals surface area contributed by atoms with Crippen LogP contribution >= 0.6 is 22.9 Å². The molecule has 4 rings (SSSR count). The van der Waals surface area contributed by atoms with Crippen LogP contribution in [0.5, 0.6) is 0 Å². The summed E-state index contributed by atoms with van der Waals surface area (Å²) in [4.78, 5) is 22.9. The third-order valence-electron chi connectivity index (χ3n) is 4.42. The number of halogens is 1. The Balaban J connectivity index is 1.58. The normalized spacial score (nSPS) is 14.5. The largest absolute Gasteiger partial charge is 0.322 e. The highest BCUT2D eigenvalue weighted by molar-refractivity contribution is 7.10. The fourth-order valence-electron chi connectivity index (χ4n) is 3.00. The number of hydrogen-bond donors (Lipinski definition) is 0. The summed E-state index contributed by atoms with van der Waals surface area (Å²) in [5, 5.41) is 3.66. The van der Waals surface area contributed by atoms with Crippen LogP contribution in [0.3, 0.4) is 0 Å². The molecule has 0 unspecified atom stereocenters. The van der Waals surface area contributed by atoms with Gasteiger partial charge in [0.2, 0.25) is 5.91 Å². The molecule has 0 bridgehead atoms. The number of benzene rings is 1. The lowest BCUT2D eigenvalue weighted by atomic mass is 10.1. The second kappa shape index (κ2) is 6.61. The van der Waals surface area contributed by atoms with Crippen molar-refractivity contribution in [3.8, 4) is 11.3 Å². The molecule has 0 aliphatic carbocycles. The molecule has 1 aliphatic rings. The molecule has 1 aromatic carbocycles. The first-order chi connectivity index (χ1) is 12.1. The smallest absolute Gasteiger partial charge is 0.227 e. The quantitative estimate of drug-likeness (QED) is 0.697. The summed E-state index contributed by atoms with van der Waals surface area (Å²) in [6.07, 6.45) is 3.87. The Morgan fingerprint density at radius 1 is 1.36 bits per heavy atom. The van der Waals surface area contributed by atoms with Gasteiger partial charge in [0, 0.05) is 36.6 Å². The zero-order valence-corrected chi connectivity index (χ0v) is 15.3. The number of rotatable bonds is 4. The number of thiazole rings is 1. The molecule has 1 fully saturated rings. The van der Waals surface area contributed by atoms with Crippen molar-refractivity contribution in [2.45, 2.75) is 19.3 Å². The van der Waals surface area contributed by atoms with Gasteiger partial charge in [-0.25, -0.2) is 9.97 Å². The van der Waals surface area contributed by atoms with Crippen LogP contribution in [0, 0.1) is 0 Å². The van der Waals surface area contributed by atoms with Gasteiger partial charge in [0.15, 0.2) is 0 Å². The summed E-state index contributed by atoms with van der Waals surface area (Å²) in [7, 11) is 1.90. The van der Waals surface area contributed by atoms with E-state index >= 15 is 0 Å². The van der Waals surface area contributed by atoms with Gasteiger partial charge in [-0.15, -0.1) is 11.3 Å². The van der Waals surface area contributed by atoms with Gasteiger partial charge in [0.1, 0.15) is 16.0 Å². The second-order valence-corrected chi connectivity index (χ2v) is 7.39. The fraction of sp³-hybridized carbons (Fsp3) is 0.278. The number of carbonyl (C=O) groups excluding carboxylic acids is 1. The molecule has 2 aromatic heterocycles. The van der Waals surface area contributed by atoms with Crippen molar-refractivity contribution < 1.29 is 4.79 Å². The molecule has 0 radical (unpaired) electrons. The summed E-state index contributed by atoms with van der Waals surface area (Å²) in [6, 6.07) is 8.03. The SMILES string of the molecule is Cn1c(Cl)cnc1Cc1nc(-c2cccc(N3CCCC3=O)c2)cs1. The number of aromatic nitrogens is 3. The van der Waals surface area contributed by atoms with Gasteiger partial charge in [0.05, 0.1) is 18.3 Å². The van der Waals surface area contributed by atoms with E-state index in [-0.39, 0.29) is 5.91 Å². The van der Waals surface area contributed by atoms with E-state index < -0.39 is 0 Å². The number of anilines is 1. The Labute approximate surface area is 154 Å². The van der Waals surface area contributed by atoms with Crippen molar-refractivity contribution in [2.24, 2.45) is 7.05 Å². The lowest BCUT2D eigenvalue weighted by Gasteiger charge is -2.16. The molecule has 5 nitrogen and oxygen atoms in total. The molecule has 7 heteroatoms. The summed E-state index contributed by atoms with van der Waals surface area (Å²) < 4.78 is 1.86. The third-order valence-corrected chi connectivity index (χ3v) is 5.62. The first-order valence-electron chi connectivity index (χ1n) is 8.13. The highest BCUT2D eigenvalue weighted by atomic mass is 35.5. The predicted molar refractivity (Wildman–Crippen MR) is 100 cm³/mol. The molecule has 3 aromatic rings. The van der Waals surface area contributed by atoms with Gasteiger partial charge in [-0.05, 0) is 18.6 Å². The zero-order valence-electron chi connectivity index (χ0n) is 13.8. The Bertz CT molecular complexity index is 933. The zero-order chi connectivity index (χ0) is 17.4. The summed E-state index contributed by atoms with van der Waals surface area (Å²) in [5.41, 5.74) is 2.90. The monoisotopic (exact) mass is 372 g/mol. The Kier molecular flexibility index (Phi) is 4.31. The molecule has 128 valence electrons. The molecule has 0 N–H and O–H groups in total. The molecule has 3 heterocycles. The maximum absolute atomic E-state index is 12.0. The highest BCUT2D eigenvalue weighted by Gasteiger charge is 2.22. The highest BCUT2D eigenvalue weighted by Crippen LogP contribution is 2.29. The van der Waals surface area contributed by atoms with Crippen LogP contribution < -0.4 is 4.90 Å². The van der Waals surface area contributed by atoms with Crippen LogP contribution in [-0.2, 0) is 18.3 Å². The van der Waals surface area contributed by atoms with E-state index in [1.165, 1.54) is 0 Å². The van der Waals surface area contributed by atoms with Crippen LogP contribution in [0.25, 0.3) is 11.3 Å². The van der Waals surface area contributed by atoms with E-state index in [0.29, 0.717) is 18.0 Å². The average molecular weight is 373 g/mol. The number of imidazole rings is 1. The molecule has 25 heavy (non-hydrogen) atoms. The van der Waals surface area contributed by atoms with Gasteiger partial charge in [-0.3, -0.25) is 4.79 Å². The lowest BCUT2D eigenvalue weighted by Crippen LogP contribution is -2.23. The summed E-state index contributed by atoms with van der Waals surface area (Å²) >= 11 is 7.65. The van der Waals surface area contributed by atoms with Gasteiger partial charge in [0.25, 0.3) is 0 Å². The fourth-order valence-corrected chi connectivity index (χ4v) is 3.95. The van der Waals surface area contributed by atoms with Gasteiger partial charge in [-0.1, -0.05) is 23.7 Å². The van der Waals surface area contributed by atoms with E-state index in [4.69, 9.17) is 16.6 Å². The van der Waals surface area contributed by atoms with E-state index in [0.717, 1.165) is 40.7 Å². The van der Waals surface area contributed by atoms with Crippen LogP contribution in [-0.4, -0.2) is 27.0 Å². The number of hydrogen-bond acceptors (Lipinski definition) is 4. The lowest BCUT2D eigenvalue weighted by molar-refractivity contribution is -0.117. The minimum absolute atomic E-state index is 0.197. The van der Waals surface area contributed by atoms with Crippen LogP contribution in [0.1, 0.15) is 23.7 Å². The number of amides is 1. The molecular weight excluding hydrogens is 356 g/mol. The molecule has 0 spiro atoms. The molecule has 1 saturated heterocycles. The van der Waals surface area contributed by atoms with E-state index in [1.807, 2.05) is 46.2 Å². The molecule has 0 atom stereocenters. The molecule has 1 aliphatic heterocycles. The van der Waals surface area contributed by atoms with Crippen molar-refractivity contribution in [1.29, 1.82) is 0 Å². The van der Waals surface area contributed by atoms with Gasteiger partial charge >= 0.3 is 0 Å². The minimum atomic E-state index is 0.197. The van der Waals surface area contributed by atoms with Crippen LogP contribution in [0.15, 0.2) is 35.8 Å². The van der Waals surface area contributed by atoms with Crippen molar-refractivity contribution >= 4 is 34.5 Å². The van der Waals surface area contributed by atoms with Crippen molar-refractivity contribution in [3.05, 3.63) is 51.8 Å². The van der Waals surface area contributed by atoms with Gasteiger partial charge in [-0.2, -0.15) is 0 Å². The van der Waals surface area contributed by atoms with Crippen LogP contribution in [0.4, 0.5) is 5.69 Å². The topological polar surface area (TPSA) is 51.0 Å². The standard InChI is InChI=1S/C18H17ClN4OS/c1-22-15(19)10-20-16(22)9-17-21-14(11-25-17)12-4-2-5-13(8-12)23-7-3-6-18(23)24/h2,4-5,8,10-11H,3,6-7,9H2,1H3. The average Bonchev–Trinajstić information content (AvgIpc) is 3.33. The van der Waals surface area contributed by atoms with E-state index in [1.54, 1.807) is 17.5 Å². The first kappa shape index (κ1) is 16.3. The Morgan fingerprint density at radius 3 is 2.96 bits per heavy atom. The third kappa shape index (κ3) is 3.19. The number of nitrogens with zero attached hydrogens (tertiary/aromatic N) is 4. The maximum Gasteiger partial charge on any atom is 0.227 e. The Morgan fingerprint density at radius 2 is 2.24 bits per heavy atom. The molecule has 0 saturated carbocycles. The van der Waals surface area contributed by atoms with Gasteiger partial charge < -0.3 is 9.47 Å². The van der Waals surface area contributed by atoms with E-state index in [9.17, 15) is 4.79 Å². The predicted octanol–water partition coefficient (Wildman–Crippen LogP) is 3.91. The minimum Gasteiger partial charge on any atom is -0.322 e. The second-order valence-electron chi connectivity index (χ2n) is 6.06. The Hall–Kier alpha value is -2.18. The van der Waals surface area contributed by atoms with E-state index in [2.05, 4.69) is 4.98 Å². The van der Waals surface area contributed by atoms with Crippen molar-refractivity contribution in [1.82, 2.24) is 14.5 Å². The molecule has 1 amide bonds. The van der Waals surface area contributed by atoms with Crippen molar-refractivity contribution in [3.63, 3.8) is 0 Å².